The van der Waals surface area contributed by atoms with Crippen molar-refractivity contribution in [1.82, 2.24) is 15.1 Å². The standard InChI is InChI=1S/C23H32N4O3/c1-17(2)16-26-10-12-27(13-11-26)18(3)22(28)25-21-9-5-4-8-20(21)23(29)24-15-19-7-6-14-30-19/h4-9,14,17-18H,10-13,15-16H2,1-3H3,(H,24,29)(H,25,28). The number of piperazine rings is 1. The number of para-hydroxylation sites is 1. The van der Waals surface area contributed by atoms with E-state index in [2.05, 4.69) is 34.3 Å². The molecule has 0 spiro atoms. The number of anilines is 1. The number of nitrogens with zero attached hydrogens (tertiary/aromatic N) is 2. The van der Waals surface area contributed by atoms with Crippen LogP contribution in [-0.4, -0.2) is 60.4 Å². The van der Waals surface area contributed by atoms with E-state index in [1.165, 1.54) is 0 Å². The molecule has 7 nitrogen and oxygen atoms in total. The quantitative estimate of drug-likeness (QED) is 0.697. The van der Waals surface area contributed by atoms with Crippen LogP contribution in [0, 0.1) is 5.92 Å². The minimum atomic E-state index is -0.259. The second kappa shape index (κ2) is 10.4. The average molecular weight is 413 g/mol. The first-order valence-electron chi connectivity index (χ1n) is 10.6. The Balaban J connectivity index is 1.56. The Morgan fingerprint density at radius 1 is 1.03 bits per heavy atom. The molecular weight excluding hydrogens is 380 g/mol. The van der Waals surface area contributed by atoms with Crippen molar-refractivity contribution in [2.75, 3.05) is 38.0 Å². The van der Waals surface area contributed by atoms with Gasteiger partial charge in [0.1, 0.15) is 5.76 Å². The molecule has 1 aliphatic heterocycles. The minimum absolute atomic E-state index is 0.0985. The number of rotatable bonds is 8. The maximum Gasteiger partial charge on any atom is 0.253 e. The van der Waals surface area contributed by atoms with Crippen LogP contribution in [-0.2, 0) is 11.3 Å². The normalized spacial score (nSPS) is 16.4. The Labute approximate surface area is 178 Å². The van der Waals surface area contributed by atoms with Crippen molar-refractivity contribution in [1.29, 1.82) is 0 Å². The monoisotopic (exact) mass is 412 g/mol. The van der Waals surface area contributed by atoms with Gasteiger partial charge in [-0.15, -0.1) is 0 Å². The number of nitrogens with one attached hydrogen (secondary N) is 2. The van der Waals surface area contributed by atoms with Gasteiger partial charge in [-0.2, -0.15) is 0 Å². The number of hydrogen-bond acceptors (Lipinski definition) is 5. The van der Waals surface area contributed by atoms with Gasteiger partial charge in [0.25, 0.3) is 5.91 Å². The molecule has 0 aliphatic carbocycles. The lowest BCUT2D eigenvalue weighted by molar-refractivity contribution is -0.121. The van der Waals surface area contributed by atoms with Gasteiger partial charge < -0.3 is 20.0 Å². The van der Waals surface area contributed by atoms with E-state index in [1.54, 1.807) is 36.6 Å². The van der Waals surface area contributed by atoms with E-state index in [0.29, 0.717) is 29.5 Å². The van der Waals surface area contributed by atoms with Crippen LogP contribution in [0.4, 0.5) is 5.69 Å². The van der Waals surface area contributed by atoms with E-state index in [-0.39, 0.29) is 17.9 Å². The van der Waals surface area contributed by atoms with E-state index in [0.717, 1.165) is 32.7 Å². The lowest BCUT2D eigenvalue weighted by Crippen LogP contribution is -2.53. The summed E-state index contributed by atoms with van der Waals surface area (Å²) in [6.07, 6.45) is 1.57. The van der Waals surface area contributed by atoms with Crippen molar-refractivity contribution in [3.63, 3.8) is 0 Å². The van der Waals surface area contributed by atoms with Crippen molar-refractivity contribution in [3.05, 3.63) is 54.0 Å². The predicted octanol–water partition coefficient (Wildman–Crippen LogP) is 2.81. The van der Waals surface area contributed by atoms with Crippen LogP contribution in [0.5, 0.6) is 0 Å². The zero-order valence-electron chi connectivity index (χ0n) is 18.1. The smallest absolute Gasteiger partial charge is 0.253 e. The Morgan fingerprint density at radius 2 is 1.77 bits per heavy atom. The SMILES string of the molecule is CC(C)CN1CCN(C(C)C(=O)Nc2ccccc2C(=O)NCc2ccco2)CC1. The molecule has 3 rings (SSSR count). The van der Waals surface area contributed by atoms with Crippen LogP contribution >= 0.6 is 0 Å². The summed E-state index contributed by atoms with van der Waals surface area (Å²) in [6.45, 7) is 11.4. The molecule has 0 bridgehead atoms. The number of amides is 2. The fraction of sp³-hybridized carbons (Fsp3) is 0.478. The first-order chi connectivity index (χ1) is 14.4. The molecule has 1 unspecified atom stereocenters. The van der Waals surface area contributed by atoms with E-state index < -0.39 is 0 Å². The summed E-state index contributed by atoms with van der Waals surface area (Å²) < 4.78 is 5.25. The third kappa shape index (κ3) is 5.93. The second-order valence-corrected chi connectivity index (χ2v) is 8.20. The molecule has 1 atom stereocenters. The van der Waals surface area contributed by atoms with Gasteiger partial charge >= 0.3 is 0 Å². The van der Waals surface area contributed by atoms with Crippen molar-refractivity contribution in [2.24, 2.45) is 5.92 Å². The van der Waals surface area contributed by atoms with Crippen LogP contribution in [0.2, 0.25) is 0 Å². The van der Waals surface area contributed by atoms with Gasteiger partial charge in [0.05, 0.1) is 30.1 Å². The van der Waals surface area contributed by atoms with Crippen molar-refractivity contribution >= 4 is 17.5 Å². The van der Waals surface area contributed by atoms with Gasteiger partial charge in [-0.1, -0.05) is 26.0 Å². The van der Waals surface area contributed by atoms with Crippen LogP contribution in [0.15, 0.2) is 47.1 Å². The Kier molecular flexibility index (Phi) is 7.65. The molecule has 1 aromatic carbocycles. The Bertz CT molecular complexity index is 827. The molecular formula is C23H32N4O3. The fourth-order valence-electron chi connectivity index (χ4n) is 3.72. The number of benzene rings is 1. The highest BCUT2D eigenvalue weighted by Crippen LogP contribution is 2.17. The summed E-state index contributed by atoms with van der Waals surface area (Å²) in [6, 6.07) is 10.4. The molecule has 7 heteroatoms. The predicted molar refractivity (Wildman–Crippen MR) is 117 cm³/mol. The van der Waals surface area contributed by atoms with Crippen LogP contribution in [0.25, 0.3) is 0 Å². The lowest BCUT2D eigenvalue weighted by atomic mass is 10.1. The van der Waals surface area contributed by atoms with Crippen molar-refractivity contribution in [2.45, 2.75) is 33.4 Å². The van der Waals surface area contributed by atoms with Gasteiger partial charge in [-0.25, -0.2) is 0 Å². The topological polar surface area (TPSA) is 77.8 Å². The number of furan rings is 1. The number of carbonyl (C=O) groups excluding carboxylic acids is 2. The fourth-order valence-corrected chi connectivity index (χ4v) is 3.72. The zero-order chi connectivity index (χ0) is 21.5. The largest absolute Gasteiger partial charge is 0.467 e. The third-order valence-electron chi connectivity index (χ3n) is 5.39. The molecule has 2 heterocycles. The maximum atomic E-state index is 12.9. The van der Waals surface area contributed by atoms with Crippen LogP contribution in [0.3, 0.4) is 0 Å². The molecule has 1 saturated heterocycles. The molecule has 2 amide bonds. The average Bonchev–Trinajstić information content (AvgIpc) is 3.25. The first-order valence-corrected chi connectivity index (χ1v) is 10.6. The summed E-state index contributed by atoms with van der Waals surface area (Å²) in [5.41, 5.74) is 0.955. The van der Waals surface area contributed by atoms with Gasteiger partial charge in [-0.05, 0) is 37.1 Å². The number of carbonyl (C=O) groups is 2. The second-order valence-electron chi connectivity index (χ2n) is 8.20. The highest BCUT2D eigenvalue weighted by Gasteiger charge is 2.26. The maximum absolute atomic E-state index is 12.9. The summed E-state index contributed by atoms with van der Waals surface area (Å²) in [4.78, 5) is 30.1. The van der Waals surface area contributed by atoms with Crippen molar-refractivity contribution < 1.29 is 14.0 Å². The summed E-state index contributed by atoms with van der Waals surface area (Å²) in [7, 11) is 0. The molecule has 0 saturated carbocycles. The van der Waals surface area contributed by atoms with Crippen molar-refractivity contribution in [3.8, 4) is 0 Å². The van der Waals surface area contributed by atoms with Gasteiger partial charge in [0.15, 0.2) is 0 Å². The molecule has 162 valence electrons. The third-order valence-corrected chi connectivity index (χ3v) is 5.39. The summed E-state index contributed by atoms with van der Waals surface area (Å²) in [5.74, 6) is 0.971. The molecule has 2 N–H and O–H groups in total. The molecule has 2 aromatic rings. The number of hydrogen-bond donors (Lipinski definition) is 2. The Morgan fingerprint density at radius 3 is 2.43 bits per heavy atom. The molecule has 1 fully saturated rings. The molecule has 1 aliphatic rings. The molecule has 1 aromatic heterocycles. The lowest BCUT2D eigenvalue weighted by Gasteiger charge is -2.38. The molecule has 0 radical (unpaired) electrons. The van der Waals surface area contributed by atoms with E-state index >= 15 is 0 Å². The highest BCUT2D eigenvalue weighted by molar-refractivity contribution is 6.04. The molecule has 30 heavy (non-hydrogen) atoms. The van der Waals surface area contributed by atoms with Gasteiger partial charge in [0.2, 0.25) is 5.91 Å². The van der Waals surface area contributed by atoms with E-state index in [4.69, 9.17) is 4.42 Å². The minimum Gasteiger partial charge on any atom is -0.467 e. The van der Waals surface area contributed by atoms with Crippen LogP contribution in [0.1, 0.15) is 36.9 Å². The summed E-state index contributed by atoms with van der Waals surface area (Å²) in [5, 5.41) is 5.77. The zero-order valence-corrected chi connectivity index (χ0v) is 18.1. The Hall–Kier alpha value is -2.64. The van der Waals surface area contributed by atoms with Gasteiger partial charge in [0, 0.05) is 32.7 Å². The van der Waals surface area contributed by atoms with E-state index in [1.807, 2.05) is 13.0 Å². The summed E-state index contributed by atoms with van der Waals surface area (Å²) >= 11 is 0. The highest BCUT2D eigenvalue weighted by atomic mass is 16.3. The van der Waals surface area contributed by atoms with Gasteiger partial charge in [-0.3, -0.25) is 14.5 Å². The first kappa shape index (κ1) is 22.1. The van der Waals surface area contributed by atoms with E-state index in [9.17, 15) is 9.59 Å². The van der Waals surface area contributed by atoms with Crippen LogP contribution < -0.4 is 10.6 Å².